The molecule has 0 radical (unpaired) electrons. The molecule has 1 aromatic carbocycles. The second-order valence-electron chi connectivity index (χ2n) is 8.68. The Balaban J connectivity index is 1.43. The van der Waals surface area contributed by atoms with E-state index in [1.54, 1.807) is 18.5 Å². The molecule has 1 saturated heterocycles. The van der Waals surface area contributed by atoms with Crippen LogP contribution in [0.15, 0.2) is 48.9 Å². The van der Waals surface area contributed by atoms with Gasteiger partial charge in [0.15, 0.2) is 5.82 Å². The molecule has 4 aromatic rings. The summed E-state index contributed by atoms with van der Waals surface area (Å²) < 4.78 is 27.4. The molecule has 1 aliphatic heterocycles. The summed E-state index contributed by atoms with van der Waals surface area (Å²) in [5.74, 6) is 1.11. The van der Waals surface area contributed by atoms with Crippen LogP contribution < -0.4 is 15.5 Å². The standard InChI is InChI=1S/C25H23F2N7/c26-17-3-4-20(19(27)12-17)31-22-11-16(5-6-30-22)24-32-21-14-29-13-18(15-1-2-15)23(21)25(33-24)34-9-7-28-8-10-34/h3-6,11-15,28H,1-2,7-10H2,(H,30,31). The summed E-state index contributed by atoms with van der Waals surface area (Å²) in [5, 5.41) is 7.40. The molecule has 2 aliphatic rings. The van der Waals surface area contributed by atoms with Gasteiger partial charge < -0.3 is 15.5 Å². The number of pyridine rings is 2. The van der Waals surface area contributed by atoms with Gasteiger partial charge in [0.05, 0.1) is 17.4 Å². The SMILES string of the molecule is Fc1ccc(Nc2cc(-c3nc(N4CCNCC4)c4c(C5CC5)cncc4n3)ccn2)c(F)c1. The molecule has 4 heterocycles. The fourth-order valence-corrected chi connectivity index (χ4v) is 4.39. The van der Waals surface area contributed by atoms with Crippen LogP contribution in [-0.2, 0) is 0 Å². The number of rotatable bonds is 5. The first-order valence-corrected chi connectivity index (χ1v) is 11.5. The first kappa shape index (κ1) is 20.9. The Hall–Kier alpha value is -3.72. The van der Waals surface area contributed by atoms with Gasteiger partial charge in [0.2, 0.25) is 0 Å². The van der Waals surface area contributed by atoms with Crippen molar-refractivity contribution in [3.05, 3.63) is 66.1 Å². The molecule has 6 rings (SSSR count). The zero-order valence-electron chi connectivity index (χ0n) is 18.4. The van der Waals surface area contributed by atoms with Crippen LogP contribution in [-0.4, -0.2) is 46.1 Å². The van der Waals surface area contributed by atoms with Gasteiger partial charge in [-0.2, -0.15) is 0 Å². The fourth-order valence-electron chi connectivity index (χ4n) is 4.39. The number of nitrogens with zero attached hydrogens (tertiary/aromatic N) is 5. The number of piperazine rings is 1. The molecule has 0 spiro atoms. The van der Waals surface area contributed by atoms with E-state index in [4.69, 9.17) is 9.97 Å². The number of benzene rings is 1. The van der Waals surface area contributed by atoms with Crippen molar-refractivity contribution < 1.29 is 8.78 Å². The van der Waals surface area contributed by atoms with Crippen molar-refractivity contribution in [2.75, 3.05) is 36.4 Å². The second-order valence-corrected chi connectivity index (χ2v) is 8.68. The van der Waals surface area contributed by atoms with Gasteiger partial charge in [0.1, 0.15) is 23.3 Å². The van der Waals surface area contributed by atoms with E-state index in [0.29, 0.717) is 17.6 Å². The van der Waals surface area contributed by atoms with Crippen molar-refractivity contribution in [2.45, 2.75) is 18.8 Å². The zero-order chi connectivity index (χ0) is 23.1. The van der Waals surface area contributed by atoms with Crippen LogP contribution in [0.4, 0.5) is 26.1 Å². The summed E-state index contributed by atoms with van der Waals surface area (Å²) in [7, 11) is 0. The van der Waals surface area contributed by atoms with Crippen molar-refractivity contribution in [3.63, 3.8) is 0 Å². The van der Waals surface area contributed by atoms with Gasteiger partial charge in [0.25, 0.3) is 0 Å². The highest BCUT2D eigenvalue weighted by molar-refractivity contribution is 5.94. The van der Waals surface area contributed by atoms with E-state index in [0.717, 1.165) is 54.5 Å². The Kier molecular flexibility index (Phi) is 5.26. The van der Waals surface area contributed by atoms with Crippen LogP contribution >= 0.6 is 0 Å². The van der Waals surface area contributed by atoms with Gasteiger partial charge in [0, 0.05) is 55.6 Å². The highest BCUT2D eigenvalue weighted by Gasteiger charge is 2.29. The lowest BCUT2D eigenvalue weighted by Crippen LogP contribution is -2.44. The first-order valence-electron chi connectivity index (χ1n) is 11.5. The maximum absolute atomic E-state index is 14.1. The number of halogens is 2. The van der Waals surface area contributed by atoms with E-state index >= 15 is 0 Å². The topological polar surface area (TPSA) is 78.9 Å². The Morgan fingerprint density at radius 2 is 1.85 bits per heavy atom. The molecule has 0 atom stereocenters. The zero-order valence-corrected chi connectivity index (χ0v) is 18.4. The van der Waals surface area contributed by atoms with Crippen molar-refractivity contribution in [2.24, 2.45) is 0 Å². The number of fused-ring (bicyclic) bond motifs is 1. The Bertz CT molecular complexity index is 1370. The molecule has 172 valence electrons. The molecule has 2 N–H and O–H groups in total. The maximum atomic E-state index is 14.1. The summed E-state index contributed by atoms with van der Waals surface area (Å²) in [4.78, 5) is 20.9. The molecule has 0 bridgehead atoms. The van der Waals surface area contributed by atoms with Crippen LogP contribution in [0.25, 0.3) is 22.3 Å². The van der Waals surface area contributed by atoms with Crippen LogP contribution in [0.5, 0.6) is 0 Å². The van der Waals surface area contributed by atoms with Gasteiger partial charge in [-0.3, -0.25) is 4.98 Å². The minimum Gasteiger partial charge on any atom is -0.353 e. The van der Waals surface area contributed by atoms with Gasteiger partial charge in [-0.1, -0.05) is 0 Å². The molecule has 0 amide bonds. The second kappa shape index (κ2) is 8.57. The van der Waals surface area contributed by atoms with Gasteiger partial charge in [-0.05, 0) is 48.6 Å². The maximum Gasteiger partial charge on any atom is 0.162 e. The molecular formula is C25H23F2N7. The van der Waals surface area contributed by atoms with Gasteiger partial charge in [-0.15, -0.1) is 0 Å². The van der Waals surface area contributed by atoms with E-state index in [9.17, 15) is 8.78 Å². The number of anilines is 3. The van der Waals surface area contributed by atoms with Crippen molar-refractivity contribution in [1.82, 2.24) is 25.3 Å². The summed E-state index contributed by atoms with van der Waals surface area (Å²) in [6.45, 7) is 3.53. The molecule has 7 nitrogen and oxygen atoms in total. The molecular weight excluding hydrogens is 436 g/mol. The number of nitrogens with one attached hydrogen (secondary N) is 2. The number of aromatic nitrogens is 4. The average Bonchev–Trinajstić information content (AvgIpc) is 3.71. The molecule has 1 saturated carbocycles. The minimum atomic E-state index is -0.686. The van der Waals surface area contributed by atoms with E-state index in [2.05, 4.69) is 25.5 Å². The van der Waals surface area contributed by atoms with Gasteiger partial charge in [-0.25, -0.2) is 23.7 Å². The number of hydrogen-bond donors (Lipinski definition) is 2. The Morgan fingerprint density at radius 3 is 2.65 bits per heavy atom. The summed E-state index contributed by atoms with van der Waals surface area (Å²) in [6, 6.07) is 6.98. The molecule has 3 aromatic heterocycles. The van der Waals surface area contributed by atoms with E-state index in [1.165, 1.54) is 30.5 Å². The predicted molar refractivity (Wildman–Crippen MR) is 127 cm³/mol. The Labute approximate surface area is 195 Å². The van der Waals surface area contributed by atoms with Crippen LogP contribution in [0.3, 0.4) is 0 Å². The third kappa shape index (κ3) is 4.03. The van der Waals surface area contributed by atoms with Crippen molar-refractivity contribution >= 4 is 28.2 Å². The Morgan fingerprint density at radius 1 is 1.00 bits per heavy atom. The molecule has 34 heavy (non-hydrogen) atoms. The van der Waals surface area contributed by atoms with E-state index in [-0.39, 0.29) is 5.69 Å². The third-order valence-corrected chi connectivity index (χ3v) is 6.26. The largest absolute Gasteiger partial charge is 0.353 e. The monoisotopic (exact) mass is 459 g/mol. The first-order chi connectivity index (χ1) is 16.7. The molecule has 0 unspecified atom stereocenters. The highest BCUT2D eigenvalue weighted by atomic mass is 19.1. The van der Waals surface area contributed by atoms with E-state index < -0.39 is 11.6 Å². The fraction of sp³-hybridized carbons (Fsp3) is 0.280. The van der Waals surface area contributed by atoms with Crippen LogP contribution in [0.1, 0.15) is 24.3 Å². The van der Waals surface area contributed by atoms with Gasteiger partial charge >= 0.3 is 0 Å². The van der Waals surface area contributed by atoms with Crippen molar-refractivity contribution in [3.8, 4) is 11.4 Å². The highest BCUT2D eigenvalue weighted by Crippen LogP contribution is 2.44. The minimum absolute atomic E-state index is 0.144. The smallest absolute Gasteiger partial charge is 0.162 e. The molecule has 1 aliphatic carbocycles. The lowest BCUT2D eigenvalue weighted by atomic mass is 10.1. The average molecular weight is 460 g/mol. The molecule has 2 fully saturated rings. The predicted octanol–water partition coefficient (Wildman–Crippen LogP) is 4.40. The third-order valence-electron chi connectivity index (χ3n) is 6.26. The summed E-state index contributed by atoms with van der Waals surface area (Å²) in [5.41, 5.74) is 2.93. The van der Waals surface area contributed by atoms with Crippen LogP contribution in [0.2, 0.25) is 0 Å². The quantitative estimate of drug-likeness (QED) is 0.458. The summed E-state index contributed by atoms with van der Waals surface area (Å²) >= 11 is 0. The number of hydrogen-bond acceptors (Lipinski definition) is 7. The lowest BCUT2D eigenvalue weighted by Gasteiger charge is -2.30. The van der Waals surface area contributed by atoms with Crippen LogP contribution in [0, 0.1) is 11.6 Å². The van der Waals surface area contributed by atoms with Crippen molar-refractivity contribution in [1.29, 1.82) is 0 Å². The molecule has 9 heteroatoms. The van der Waals surface area contributed by atoms with E-state index in [1.807, 2.05) is 12.3 Å². The summed E-state index contributed by atoms with van der Waals surface area (Å²) in [6.07, 6.45) is 7.72. The lowest BCUT2D eigenvalue weighted by molar-refractivity contribution is 0.586. The normalized spacial score (nSPS) is 16.1.